The highest BCUT2D eigenvalue weighted by molar-refractivity contribution is 7.16. The number of nitro groups is 1. The minimum absolute atomic E-state index is 0.0497. The predicted molar refractivity (Wildman–Crippen MR) is 109 cm³/mol. The van der Waals surface area contributed by atoms with Crippen LogP contribution in [-0.2, 0) is 16.1 Å². The molecule has 29 heavy (non-hydrogen) atoms. The number of aromatic nitrogens is 1. The molecular formula is C20H19N3O5S. The van der Waals surface area contributed by atoms with Crippen LogP contribution in [0.2, 0.25) is 0 Å². The van der Waals surface area contributed by atoms with Gasteiger partial charge in [0.25, 0.3) is 11.6 Å². The van der Waals surface area contributed by atoms with Crippen molar-refractivity contribution in [2.24, 2.45) is 4.99 Å². The maximum Gasteiger partial charge on any atom is 0.307 e. The second kappa shape index (κ2) is 8.36. The number of carbonyl (C=O) groups is 2. The number of amides is 1. The molecular weight excluding hydrogens is 394 g/mol. The highest BCUT2D eigenvalue weighted by Crippen LogP contribution is 2.24. The molecule has 9 heteroatoms. The molecule has 3 aromatic rings. The van der Waals surface area contributed by atoms with Crippen LogP contribution in [-0.4, -0.2) is 28.5 Å². The molecule has 0 saturated carbocycles. The molecule has 0 fully saturated rings. The molecule has 0 radical (unpaired) electrons. The Morgan fingerprint density at radius 1 is 1.21 bits per heavy atom. The highest BCUT2D eigenvalue weighted by atomic mass is 32.1. The number of methoxy groups -OCH3 is 1. The van der Waals surface area contributed by atoms with E-state index in [0.29, 0.717) is 20.6 Å². The number of fused-ring (bicyclic) bond motifs is 1. The maximum absolute atomic E-state index is 12.8. The molecule has 0 aliphatic carbocycles. The average Bonchev–Trinajstić information content (AvgIpc) is 3.03. The smallest absolute Gasteiger partial charge is 0.307 e. The summed E-state index contributed by atoms with van der Waals surface area (Å²) in [4.78, 5) is 39.7. The van der Waals surface area contributed by atoms with Gasteiger partial charge < -0.3 is 9.30 Å². The first-order chi connectivity index (χ1) is 13.8. The molecule has 0 aliphatic heterocycles. The number of aryl methyl sites for hydroxylation is 3. The van der Waals surface area contributed by atoms with E-state index in [9.17, 15) is 19.7 Å². The standard InChI is InChI=1S/C20H19N3O5S/c1-12-4-5-13(2)15(10-12)19(25)21-20-22(9-8-18(24)28-3)16-7-6-14(23(26)27)11-17(16)29-20/h4-7,10-11H,8-9H2,1-3H3. The number of hydrogen-bond acceptors (Lipinski definition) is 6. The van der Waals surface area contributed by atoms with Crippen LogP contribution in [0.4, 0.5) is 5.69 Å². The minimum Gasteiger partial charge on any atom is -0.469 e. The third-order valence-corrected chi connectivity index (χ3v) is 5.51. The van der Waals surface area contributed by atoms with Crippen molar-refractivity contribution in [1.82, 2.24) is 4.57 Å². The number of esters is 1. The molecule has 0 N–H and O–H groups in total. The number of nitro benzene ring substituents is 1. The van der Waals surface area contributed by atoms with Crippen LogP contribution in [0, 0.1) is 24.0 Å². The van der Waals surface area contributed by atoms with E-state index in [4.69, 9.17) is 4.74 Å². The fourth-order valence-corrected chi connectivity index (χ4v) is 3.98. The summed E-state index contributed by atoms with van der Waals surface area (Å²) in [6, 6.07) is 9.98. The Labute approximate surface area is 170 Å². The molecule has 150 valence electrons. The van der Waals surface area contributed by atoms with Crippen molar-refractivity contribution in [2.75, 3.05) is 7.11 Å². The van der Waals surface area contributed by atoms with E-state index in [0.717, 1.165) is 11.1 Å². The Kier molecular flexibility index (Phi) is 5.88. The molecule has 1 aromatic heterocycles. The van der Waals surface area contributed by atoms with Gasteiger partial charge in [0, 0.05) is 24.2 Å². The van der Waals surface area contributed by atoms with E-state index in [1.807, 2.05) is 26.0 Å². The molecule has 2 aromatic carbocycles. The fourth-order valence-electron chi connectivity index (χ4n) is 2.90. The Bertz CT molecular complexity index is 1190. The quantitative estimate of drug-likeness (QED) is 0.362. The lowest BCUT2D eigenvalue weighted by Crippen LogP contribution is -2.19. The van der Waals surface area contributed by atoms with Gasteiger partial charge in [0.05, 0.1) is 28.7 Å². The number of hydrogen-bond donors (Lipinski definition) is 0. The van der Waals surface area contributed by atoms with Crippen molar-refractivity contribution in [3.8, 4) is 0 Å². The lowest BCUT2D eigenvalue weighted by Gasteiger charge is -2.05. The highest BCUT2D eigenvalue weighted by Gasteiger charge is 2.15. The van der Waals surface area contributed by atoms with Crippen LogP contribution in [0.25, 0.3) is 10.2 Å². The topological polar surface area (TPSA) is 104 Å². The molecule has 0 bridgehead atoms. The van der Waals surface area contributed by atoms with Gasteiger partial charge in [-0.3, -0.25) is 19.7 Å². The molecule has 0 atom stereocenters. The molecule has 0 aliphatic rings. The number of ether oxygens (including phenoxy) is 1. The van der Waals surface area contributed by atoms with Crippen molar-refractivity contribution < 1.29 is 19.2 Å². The normalized spacial score (nSPS) is 11.6. The van der Waals surface area contributed by atoms with E-state index in [-0.39, 0.29) is 18.7 Å². The zero-order valence-electron chi connectivity index (χ0n) is 16.2. The first-order valence-electron chi connectivity index (χ1n) is 8.81. The summed E-state index contributed by atoms with van der Waals surface area (Å²) in [6.07, 6.45) is 0.0875. The molecule has 0 unspecified atom stereocenters. The molecule has 0 saturated heterocycles. The molecule has 0 spiro atoms. The van der Waals surface area contributed by atoms with Crippen molar-refractivity contribution in [1.29, 1.82) is 0 Å². The summed E-state index contributed by atoms with van der Waals surface area (Å²) < 4.78 is 7.01. The van der Waals surface area contributed by atoms with Gasteiger partial charge in [-0.15, -0.1) is 0 Å². The molecule has 1 amide bonds. The number of rotatable bonds is 5. The third-order valence-electron chi connectivity index (χ3n) is 4.47. The summed E-state index contributed by atoms with van der Waals surface area (Å²) in [6.45, 7) is 3.97. The van der Waals surface area contributed by atoms with Crippen LogP contribution < -0.4 is 4.80 Å². The monoisotopic (exact) mass is 413 g/mol. The van der Waals surface area contributed by atoms with E-state index in [1.54, 1.807) is 16.7 Å². The SMILES string of the molecule is COC(=O)CCn1c(=NC(=O)c2cc(C)ccc2C)sc2cc([N+](=O)[O-])ccc21. The van der Waals surface area contributed by atoms with Gasteiger partial charge in [0.1, 0.15) is 0 Å². The summed E-state index contributed by atoms with van der Waals surface area (Å²) in [5, 5.41) is 11.1. The largest absolute Gasteiger partial charge is 0.469 e. The lowest BCUT2D eigenvalue weighted by atomic mass is 10.1. The fraction of sp³-hybridized carbons (Fsp3) is 0.250. The van der Waals surface area contributed by atoms with Crippen molar-refractivity contribution in [2.45, 2.75) is 26.8 Å². The van der Waals surface area contributed by atoms with E-state index in [1.165, 1.54) is 30.6 Å². The second-order valence-corrected chi connectivity index (χ2v) is 7.52. The van der Waals surface area contributed by atoms with Gasteiger partial charge >= 0.3 is 5.97 Å². The van der Waals surface area contributed by atoms with Crippen LogP contribution >= 0.6 is 11.3 Å². The van der Waals surface area contributed by atoms with Crippen LogP contribution in [0.15, 0.2) is 41.4 Å². The summed E-state index contributed by atoms with van der Waals surface area (Å²) in [7, 11) is 1.30. The summed E-state index contributed by atoms with van der Waals surface area (Å²) in [5.41, 5.74) is 2.86. The van der Waals surface area contributed by atoms with Gasteiger partial charge in [-0.1, -0.05) is 29.0 Å². The number of non-ortho nitro benzene ring substituents is 1. The van der Waals surface area contributed by atoms with Crippen molar-refractivity contribution in [3.05, 3.63) is 68.0 Å². The van der Waals surface area contributed by atoms with Crippen molar-refractivity contribution >= 4 is 39.1 Å². The van der Waals surface area contributed by atoms with Gasteiger partial charge in [0.15, 0.2) is 4.80 Å². The van der Waals surface area contributed by atoms with Crippen LogP contribution in [0.1, 0.15) is 27.9 Å². The number of carbonyl (C=O) groups excluding carboxylic acids is 2. The van der Waals surface area contributed by atoms with Crippen LogP contribution in [0.3, 0.4) is 0 Å². The second-order valence-electron chi connectivity index (χ2n) is 6.51. The zero-order valence-corrected chi connectivity index (χ0v) is 17.0. The Morgan fingerprint density at radius 2 is 1.97 bits per heavy atom. The van der Waals surface area contributed by atoms with E-state index < -0.39 is 16.8 Å². The number of nitrogens with zero attached hydrogens (tertiary/aromatic N) is 3. The average molecular weight is 413 g/mol. The number of thiazole rings is 1. The van der Waals surface area contributed by atoms with Gasteiger partial charge in [-0.2, -0.15) is 4.99 Å². The van der Waals surface area contributed by atoms with Gasteiger partial charge in [-0.05, 0) is 31.5 Å². The van der Waals surface area contributed by atoms with Crippen LogP contribution in [0.5, 0.6) is 0 Å². The Morgan fingerprint density at radius 3 is 2.66 bits per heavy atom. The van der Waals surface area contributed by atoms with E-state index >= 15 is 0 Å². The summed E-state index contributed by atoms with van der Waals surface area (Å²) in [5.74, 6) is -0.801. The zero-order chi connectivity index (χ0) is 21.1. The van der Waals surface area contributed by atoms with Crippen molar-refractivity contribution in [3.63, 3.8) is 0 Å². The summed E-state index contributed by atoms with van der Waals surface area (Å²) >= 11 is 1.17. The van der Waals surface area contributed by atoms with Gasteiger partial charge in [0.2, 0.25) is 0 Å². The first-order valence-corrected chi connectivity index (χ1v) is 9.62. The third kappa shape index (κ3) is 4.40. The Hall–Kier alpha value is -3.33. The van der Waals surface area contributed by atoms with Gasteiger partial charge in [-0.25, -0.2) is 0 Å². The molecule has 3 rings (SSSR count). The lowest BCUT2D eigenvalue weighted by molar-refractivity contribution is -0.384. The number of benzene rings is 2. The maximum atomic E-state index is 12.8. The molecule has 8 nitrogen and oxygen atoms in total. The van der Waals surface area contributed by atoms with E-state index in [2.05, 4.69) is 4.99 Å². The molecule has 1 heterocycles. The predicted octanol–water partition coefficient (Wildman–Crippen LogP) is 3.53. The Balaban J connectivity index is 2.14. The first kappa shape index (κ1) is 20.4. The minimum atomic E-state index is -0.476.